The molecule has 3 aliphatic rings. The van der Waals surface area contributed by atoms with Crippen LogP contribution in [0.15, 0.2) is 24.3 Å². The van der Waals surface area contributed by atoms with Crippen molar-refractivity contribution in [3.8, 4) is 23.0 Å². The van der Waals surface area contributed by atoms with E-state index in [1.165, 1.54) is 22.3 Å². The molecule has 5 rings (SSSR count). The third-order valence-corrected chi connectivity index (χ3v) is 9.99. The van der Waals surface area contributed by atoms with E-state index in [-0.39, 0.29) is 11.9 Å². The molecular weight excluding hydrogens is 732 g/mol. The smallest absolute Gasteiger partial charge is 0.490 e. The van der Waals surface area contributed by atoms with Crippen molar-refractivity contribution in [2.24, 2.45) is 17.6 Å². The maximum absolute atomic E-state index is 13.4. The fourth-order valence-corrected chi connectivity index (χ4v) is 7.39. The lowest BCUT2D eigenvalue weighted by molar-refractivity contribution is -0.193. The van der Waals surface area contributed by atoms with Crippen LogP contribution in [0.4, 0.5) is 26.3 Å². The van der Waals surface area contributed by atoms with Crippen LogP contribution in [-0.4, -0.2) is 105 Å². The molecule has 0 unspecified atom stereocenters. The molecule has 4 atom stereocenters. The molecule has 2 aromatic carbocycles. The van der Waals surface area contributed by atoms with Gasteiger partial charge in [-0.2, -0.15) is 26.3 Å². The molecule has 3 heterocycles. The summed E-state index contributed by atoms with van der Waals surface area (Å²) < 4.78 is 86.1. The van der Waals surface area contributed by atoms with E-state index in [4.69, 9.17) is 44.5 Å². The van der Waals surface area contributed by atoms with E-state index >= 15 is 0 Å². The van der Waals surface area contributed by atoms with Gasteiger partial charge in [0.15, 0.2) is 23.0 Å². The first-order chi connectivity index (χ1) is 25.3. The summed E-state index contributed by atoms with van der Waals surface area (Å²) in [4.78, 5) is 35.9. The lowest BCUT2D eigenvalue weighted by Gasteiger charge is -2.49. The van der Waals surface area contributed by atoms with E-state index in [2.05, 4.69) is 41.0 Å². The highest BCUT2D eigenvalue weighted by molar-refractivity contribution is 5.77. The third-order valence-electron chi connectivity index (χ3n) is 9.99. The molecular formula is C36H47F6N3O9. The van der Waals surface area contributed by atoms with Crippen molar-refractivity contribution in [3.05, 3.63) is 46.5 Å². The van der Waals surface area contributed by atoms with Gasteiger partial charge in [-0.05, 0) is 84.0 Å². The summed E-state index contributed by atoms with van der Waals surface area (Å²) in [6, 6.07) is 8.88. The van der Waals surface area contributed by atoms with Gasteiger partial charge in [-0.1, -0.05) is 13.3 Å². The van der Waals surface area contributed by atoms with Crippen molar-refractivity contribution < 1.29 is 69.9 Å². The van der Waals surface area contributed by atoms with Crippen molar-refractivity contribution in [3.63, 3.8) is 0 Å². The van der Waals surface area contributed by atoms with E-state index in [0.29, 0.717) is 43.1 Å². The Morgan fingerprint density at radius 3 is 1.65 bits per heavy atom. The molecule has 2 aromatic rings. The summed E-state index contributed by atoms with van der Waals surface area (Å²) in [5.41, 5.74) is 11.0. The third kappa shape index (κ3) is 10.6. The van der Waals surface area contributed by atoms with E-state index in [9.17, 15) is 31.1 Å². The Balaban J connectivity index is 0.000000476. The molecule has 1 saturated heterocycles. The van der Waals surface area contributed by atoms with Crippen LogP contribution < -0.4 is 24.7 Å². The number of halogens is 6. The number of piperidine rings is 1. The first-order valence-corrected chi connectivity index (χ1v) is 17.2. The quantitative estimate of drug-likeness (QED) is 0.264. The molecule has 12 nitrogen and oxygen atoms in total. The second-order valence-corrected chi connectivity index (χ2v) is 13.0. The summed E-state index contributed by atoms with van der Waals surface area (Å²) in [6.45, 7) is 5.50. The molecule has 0 aliphatic carbocycles. The normalized spacial score (nSPS) is 20.7. The summed E-state index contributed by atoms with van der Waals surface area (Å²) in [6.07, 6.45) is -4.88. The minimum atomic E-state index is -5.08. The fraction of sp³-hybridized carbons (Fsp3) is 0.583. The van der Waals surface area contributed by atoms with Gasteiger partial charge in [0, 0.05) is 38.6 Å². The number of aliphatic carboxylic acids is 2. The van der Waals surface area contributed by atoms with Gasteiger partial charge in [0.25, 0.3) is 0 Å². The topological polar surface area (TPSA) is 161 Å². The summed E-state index contributed by atoms with van der Waals surface area (Å²) >= 11 is 0. The van der Waals surface area contributed by atoms with Crippen molar-refractivity contribution >= 4 is 17.8 Å². The van der Waals surface area contributed by atoms with Gasteiger partial charge in [-0.25, -0.2) is 9.59 Å². The average molecular weight is 780 g/mol. The zero-order valence-corrected chi connectivity index (χ0v) is 30.7. The van der Waals surface area contributed by atoms with Crippen LogP contribution in [0.3, 0.4) is 0 Å². The number of hydrogen-bond donors (Lipinski definition) is 3. The predicted molar refractivity (Wildman–Crippen MR) is 183 cm³/mol. The largest absolute Gasteiger partial charge is 0.493 e. The summed E-state index contributed by atoms with van der Waals surface area (Å²) in [7, 11) is 6.75. The molecule has 0 aromatic heterocycles. The van der Waals surface area contributed by atoms with Crippen LogP contribution >= 0.6 is 0 Å². The number of ether oxygens (including phenoxy) is 4. The first kappa shape index (κ1) is 44.0. The number of benzene rings is 2. The minimum Gasteiger partial charge on any atom is -0.493 e. The van der Waals surface area contributed by atoms with Crippen LogP contribution in [0.2, 0.25) is 0 Å². The Labute approximate surface area is 309 Å². The molecule has 1 amide bonds. The fourth-order valence-electron chi connectivity index (χ4n) is 7.39. The van der Waals surface area contributed by atoms with Gasteiger partial charge in [0.05, 0.1) is 34.5 Å². The van der Waals surface area contributed by atoms with Crippen LogP contribution in [0.25, 0.3) is 0 Å². The second-order valence-electron chi connectivity index (χ2n) is 13.0. The molecule has 0 bridgehead atoms. The van der Waals surface area contributed by atoms with Gasteiger partial charge < -0.3 is 39.8 Å². The molecule has 4 N–H and O–H groups in total. The number of fused-ring (bicyclic) bond motifs is 4. The number of carboxylic acids is 2. The van der Waals surface area contributed by atoms with Gasteiger partial charge in [0.1, 0.15) is 0 Å². The Morgan fingerprint density at radius 2 is 1.20 bits per heavy atom. The van der Waals surface area contributed by atoms with Crippen LogP contribution in [0.1, 0.15) is 66.9 Å². The first-order valence-electron chi connectivity index (χ1n) is 17.2. The number of carboxylic acid groups (broad SMARTS) is 2. The predicted octanol–water partition coefficient (Wildman–Crippen LogP) is 5.80. The number of nitrogens with two attached hydrogens (primary N) is 1. The van der Waals surface area contributed by atoms with Crippen molar-refractivity contribution in [2.45, 2.75) is 69.9 Å². The molecule has 0 radical (unpaired) electrons. The van der Waals surface area contributed by atoms with Gasteiger partial charge in [0.2, 0.25) is 5.91 Å². The van der Waals surface area contributed by atoms with E-state index in [0.717, 1.165) is 62.4 Å². The number of alkyl halides is 6. The second kappa shape index (κ2) is 18.7. The lowest BCUT2D eigenvalue weighted by atomic mass is 9.72. The van der Waals surface area contributed by atoms with Crippen molar-refractivity contribution in [1.82, 2.24) is 9.80 Å². The van der Waals surface area contributed by atoms with Gasteiger partial charge in [-0.3, -0.25) is 9.69 Å². The van der Waals surface area contributed by atoms with Crippen LogP contribution in [0, 0.1) is 11.8 Å². The standard InChI is InChI=1S/C32H45N3O5.2C2HF3O2/c1-6-20-19-34-11-8-21-15-28(37-2)30(39-4)17-24(21)26(34)13-23(20)14-27-25-18-31(40-5)29(38-3)16-22(25)9-12-35(27)32(36)7-10-33;2*3-2(4,5)1(6)7/h15-18,20,23,26-27H,6-14,19,33H2,1-5H3;2*(H,6,7)/t20-,23+,26-,27+;;/m0../s1. The lowest BCUT2D eigenvalue weighted by Crippen LogP contribution is -2.47. The van der Waals surface area contributed by atoms with Crippen LogP contribution in [-0.2, 0) is 27.2 Å². The Bertz CT molecular complexity index is 1600. The van der Waals surface area contributed by atoms with Crippen molar-refractivity contribution in [1.29, 1.82) is 0 Å². The van der Waals surface area contributed by atoms with Crippen molar-refractivity contribution in [2.75, 3.05) is 54.6 Å². The molecule has 0 saturated carbocycles. The number of methoxy groups -OCH3 is 4. The summed E-state index contributed by atoms with van der Waals surface area (Å²) in [5.74, 6) is -1.31. The molecule has 302 valence electrons. The number of carbonyl (C=O) groups is 3. The minimum absolute atomic E-state index is 0.0123. The number of amides is 1. The average Bonchev–Trinajstić information content (AvgIpc) is 3.13. The number of carbonyl (C=O) groups excluding carboxylic acids is 1. The Hall–Kier alpha value is -4.45. The Kier molecular flexibility index (Phi) is 15.2. The van der Waals surface area contributed by atoms with E-state index < -0.39 is 24.3 Å². The van der Waals surface area contributed by atoms with E-state index in [1.807, 2.05) is 0 Å². The maximum Gasteiger partial charge on any atom is 0.490 e. The Morgan fingerprint density at radius 1 is 0.759 bits per heavy atom. The van der Waals surface area contributed by atoms with E-state index in [1.54, 1.807) is 28.4 Å². The summed E-state index contributed by atoms with van der Waals surface area (Å²) in [5, 5.41) is 14.2. The molecule has 18 heteroatoms. The maximum atomic E-state index is 13.4. The van der Waals surface area contributed by atoms with Crippen LogP contribution in [0.5, 0.6) is 23.0 Å². The zero-order valence-electron chi connectivity index (χ0n) is 30.7. The molecule has 0 spiro atoms. The number of rotatable bonds is 9. The highest BCUT2D eigenvalue weighted by Crippen LogP contribution is 2.49. The SMILES string of the molecule is CC[C@H]1CN2CCc3cc(OC)c(OC)cc3[C@@H]2C[C@@H]1C[C@@H]1c2cc(OC)c(OC)cc2CCN1C(=O)CCN.O=C(O)C(F)(F)F.O=C(O)C(F)(F)F. The monoisotopic (exact) mass is 779 g/mol. The highest BCUT2D eigenvalue weighted by atomic mass is 19.4. The zero-order chi connectivity index (χ0) is 40.5. The highest BCUT2D eigenvalue weighted by Gasteiger charge is 2.42. The number of hydrogen-bond acceptors (Lipinski definition) is 9. The van der Waals surface area contributed by atoms with Gasteiger partial charge in [-0.15, -0.1) is 0 Å². The molecule has 3 aliphatic heterocycles. The number of nitrogens with zero attached hydrogens (tertiary/aromatic N) is 2. The molecule has 54 heavy (non-hydrogen) atoms. The van der Waals surface area contributed by atoms with Gasteiger partial charge >= 0.3 is 24.3 Å². The molecule has 1 fully saturated rings.